The minimum Gasteiger partial charge on any atom is -0.477 e. The molecule has 23 heavy (non-hydrogen) atoms. The first kappa shape index (κ1) is 16.1. The van der Waals surface area contributed by atoms with E-state index in [1.807, 2.05) is 6.92 Å². The lowest BCUT2D eigenvalue weighted by Gasteiger charge is -2.26. The quantitative estimate of drug-likeness (QED) is 0.908. The van der Waals surface area contributed by atoms with E-state index in [0.29, 0.717) is 18.0 Å². The monoisotopic (exact) mass is 341 g/mol. The Hall–Kier alpha value is -1.80. The van der Waals surface area contributed by atoms with Gasteiger partial charge in [-0.05, 0) is 25.0 Å². The van der Waals surface area contributed by atoms with Gasteiger partial charge in [0.05, 0.1) is 5.69 Å². The summed E-state index contributed by atoms with van der Waals surface area (Å²) in [4.78, 5) is 14.7. The second kappa shape index (κ2) is 6.37. The first-order chi connectivity index (χ1) is 10.9. The van der Waals surface area contributed by atoms with Crippen molar-refractivity contribution >= 4 is 17.3 Å². The second-order valence-corrected chi connectivity index (χ2v) is 6.81. The van der Waals surface area contributed by atoms with Gasteiger partial charge in [0.2, 0.25) is 0 Å². The van der Waals surface area contributed by atoms with E-state index in [1.165, 1.54) is 16.0 Å². The molecule has 1 N–H and O–H groups in total. The molecule has 0 spiro atoms. The summed E-state index contributed by atoms with van der Waals surface area (Å²) in [7, 11) is 0. The number of fused-ring (bicyclic) bond motifs is 1. The van der Waals surface area contributed by atoms with Crippen molar-refractivity contribution in [1.29, 1.82) is 0 Å². The van der Waals surface area contributed by atoms with E-state index < -0.39 is 18.9 Å². The van der Waals surface area contributed by atoms with Crippen LogP contribution in [0.15, 0.2) is 12.3 Å². The van der Waals surface area contributed by atoms with Gasteiger partial charge in [-0.3, -0.25) is 9.58 Å². The maximum absolute atomic E-state index is 12.4. The number of carboxylic acid groups (broad SMARTS) is 1. The van der Waals surface area contributed by atoms with Crippen molar-refractivity contribution in [2.45, 2.75) is 39.4 Å². The van der Waals surface area contributed by atoms with Gasteiger partial charge in [-0.1, -0.05) is 0 Å². The standard InChI is InChI=1S/C15H17F2N3O2S/c1-9-11(6-20(18-9)8-14(16)17)5-19-3-2-10-4-12(15(21)22)23-13(10)7-19/h4,6,14H,2-3,5,7-8H2,1H3,(H,21,22). The van der Waals surface area contributed by atoms with E-state index >= 15 is 0 Å². The van der Waals surface area contributed by atoms with Crippen LogP contribution in [0.1, 0.15) is 31.4 Å². The Balaban J connectivity index is 1.69. The van der Waals surface area contributed by atoms with E-state index in [1.54, 1.807) is 12.3 Å². The first-order valence-corrected chi connectivity index (χ1v) is 8.12. The number of carboxylic acids is 1. The molecule has 2 aromatic heterocycles. The average Bonchev–Trinajstić information content (AvgIpc) is 3.02. The number of aromatic carboxylic acids is 1. The number of halogens is 2. The van der Waals surface area contributed by atoms with Gasteiger partial charge in [0.15, 0.2) is 0 Å². The van der Waals surface area contributed by atoms with E-state index in [4.69, 9.17) is 5.11 Å². The van der Waals surface area contributed by atoms with Gasteiger partial charge in [0.25, 0.3) is 6.43 Å². The Morgan fingerprint density at radius 3 is 3.00 bits per heavy atom. The maximum atomic E-state index is 12.4. The van der Waals surface area contributed by atoms with Gasteiger partial charge in [-0.2, -0.15) is 5.10 Å². The highest BCUT2D eigenvalue weighted by molar-refractivity contribution is 7.14. The molecule has 5 nitrogen and oxygen atoms in total. The Morgan fingerprint density at radius 2 is 2.30 bits per heavy atom. The van der Waals surface area contributed by atoms with E-state index in [-0.39, 0.29) is 0 Å². The summed E-state index contributed by atoms with van der Waals surface area (Å²) in [6.07, 6.45) is 0.0671. The smallest absolute Gasteiger partial charge is 0.345 e. The van der Waals surface area contributed by atoms with Crippen LogP contribution in [-0.4, -0.2) is 38.7 Å². The van der Waals surface area contributed by atoms with Crippen molar-refractivity contribution in [3.05, 3.63) is 38.8 Å². The zero-order valence-electron chi connectivity index (χ0n) is 12.6. The number of carbonyl (C=O) groups is 1. The zero-order chi connectivity index (χ0) is 16.6. The highest BCUT2D eigenvalue weighted by Crippen LogP contribution is 2.29. The molecule has 0 atom stereocenters. The lowest BCUT2D eigenvalue weighted by atomic mass is 10.1. The Bertz CT molecular complexity index is 726. The first-order valence-electron chi connectivity index (χ1n) is 7.30. The molecule has 1 aliphatic heterocycles. The molecule has 3 rings (SSSR count). The molecule has 0 aliphatic carbocycles. The minimum atomic E-state index is -2.42. The van der Waals surface area contributed by atoms with Gasteiger partial charge >= 0.3 is 5.97 Å². The van der Waals surface area contributed by atoms with Crippen LogP contribution in [0.3, 0.4) is 0 Å². The van der Waals surface area contributed by atoms with Gasteiger partial charge in [-0.25, -0.2) is 13.6 Å². The minimum absolute atomic E-state index is 0.373. The fraction of sp³-hybridized carbons (Fsp3) is 0.467. The number of aryl methyl sites for hydroxylation is 1. The van der Waals surface area contributed by atoms with Crippen LogP contribution in [0.2, 0.25) is 0 Å². The van der Waals surface area contributed by atoms with E-state index in [9.17, 15) is 13.6 Å². The van der Waals surface area contributed by atoms with Gasteiger partial charge in [-0.15, -0.1) is 11.3 Å². The van der Waals surface area contributed by atoms with Crippen molar-refractivity contribution in [3.63, 3.8) is 0 Å². The van der Waals surface area contributed by atoms with Crippen molar-refractivity contribution in [2.24, 2.45) is 0 Å². The van der Waals surface area contributed by atoms with Crippen LogP contribution in [0.25, 0.3) is 0 Å². The molecule has 1 aliphatic rings. The molecule has 2 aromatic rings. The molecule has 8 heteroatoms. The Morgan fingerprint density at radius 1 is 1.52 bits per heavy atom. The molecular formula is C15H17F2N3O2S. The van der Waals surface area contributed by atoms with Crippen LogP contribution < -0.4 is 0 Å². The average molecular weight is 341 g/mol. The normalized spacial score (nSPS) is 15.1. The van der Waals surface area contributed by atoms with Gasteiger partial charge in [0.1, 0.15) is 11.4 Å². The third-order valence-electron chi connectivity index (χ3n) is 3.94. The number of nitrogens with zero attached hydrogens (tertiary/aromatic N) is 3. The molecule has 0 bridgehead atoms. The molecule has 0 unspecified atom stereocenters. The van der Waals surface area contributed by atoms with E-state index in [2.05, 4.69) is 10.00 Å². The molecule has 0 radical (unpaired) electrons. The fourth-order valence-electron chi connectivity index (χ4n) is 2.80. The third kappa shape index (κ3) is 3.59. The lowest BCUT2D eigenvalue weighted by molar-refractivity contribution is 0.0702. The molecule has 124 valence electrons. The summed E-state index contributed by atoms with van der Waals surface area (Å²) >= 11 is 1.31. The number of aromatic nitrogens is 2. The van der Waals surface area contributed by atoms with Crippen molar-refractivity contribution in [3.8, 4) is 0 Å². The molecule has 0 fully saturated rings. The van der Waals surface area contributed by atoms with Crippen molar-refractivity contribution < 1.29 is 18.7 Å². The predicted octanol–water partition coefficient (Wildman–Crippen LogP) is 2.77. The summed E-state index contributed by atoms with van der Waals surface area (Å²) < 4.78 is 26.2. The second-order valence-electron chi connectivity index (χ2n) is 5.68. The summed E-state index contributed by atoms with van der Waals surface area (Å²) in [5, 5.41) is 13.2. The Labute approximate surface area is 136 Å². The van der Waals surface area contributed by atoms with Crippen molar-refractivity contribution in [1.82, 2.24) is 14.7 Å². The number of alkyl halides is 2. The number of thiophene rings is 1. The maximum Gasteiger partial charge on any atom is 0.345 e. The number of rotatable bonds is 5. The fourth-order valence-corrected chi connectivity index (χ4v) is 3.90. The number of hydrogen-bond donors (Lipinski definition) is 1. The molecule has 0 saturated heterocycles. The van der Waals surface area contributed by atoms with Crippen molar-refractivity contribution in [2.75, 3.05) is 6.54 Å². The summed E-state index contributed by atoms with van der Waals surface area (Å²) in [5.41, 5.74) is 2.80. The van der Waals surface area contributed by atoms with Gasteiger partial charge in [0, 0.05) is 36.3 Å². The highest BCUT2D eigenvalue weighted by atomic mass is 32.1. The van der Waals surface area contributed by atoms with Crippen LogP contribution in [0, 0.1) is 6.92 Å². The summed E-state index contributed by atoms with van der Waals surface area (Å²) in [6, 6.07) is 1.76. The van der Waals surface area contributed by atoms with Crippen LogP contribution in [-0.2, 0) is 26.1 Å². The van der Waals surface area contributed by atoms with Crippen LogP contribution >= 0.6 is 11.3 Å². The van der Waals surface area contributed by atoms with Gasteiger partial charge < -0.3 is 5.11 Å². The highest BCUT2D eigenvalue weighted by Gasteiger charge is 2.22. The third-order valence-corrected chi connectivity index (χ3v) is 5.09. The molecular weight excluding hydrogens is 324 g/mol. The van der Waals surface area contributed by atoms with Crippen LogP contribution in [0.4, 0.5) is 8.78 Å². The zero-order valence-corrected chi connectivity index (χ0v) is 13.4. The molecule has 3 heterocycles. The lowest BCUT2D eigenvalue weighted by Crippen LogP contribution is -2.29. The summed E-state index contributed by atoms with van der Waals surface area (Å²) in [6.45, 7) is 3.57. The van der Waals surface area contributed by atoms with E-state index in [0.717, 1.165) is 34.7 Å². The Kier molecular flexibility index (Phi) is 4.45. The summed E-state index contributed by atoms with van der Waals surface area (Å²) in [5.74, 6) is -0.889. The topological polar surface area (TPSA) is 58.4 Å². The SMILES string of the molecule is Cc1nn(CC(F)F)cc1CN1CCc2cc(C(=O)O)sc2C1. The molecule has 0 saturated carbocycles. The predicted molar refractivity (Wildman–Crippen MR) is 82.1 cm³/mol. The van der Waals surface area contributed by atoms with Crippen LogP contribution in [0.5, 0.6) is 0 Å². The molecule has 0 amide bonds. The molecule has 0 aromatic carbocycles. The largest absolute Gasteiger partial charge is 0.477 e. The number of hydrogen-bond acceptors (Lipinski definition) is 4.